The lowest BCUT2D eigenvalue weighted by molar-refractivity contribution is -0.154. The first-order valence-electron chi connectivity index (χ1n) is 11.9. The largest absolute Gasteiger partial charge is 0.367 e. The smallest absolute Gasteiger partial charge is 0.252 e. The van der Waals surface area contributed by atoms with Gasteiger partial charge in [-0.1, -0.05) is 43.3 Å². The molecule has 5 nitrogen and oxygen atoms in total. The van der Waals surface area contributed by atoms with Gasteiger partial charge in [0, 0.05) is 31.7 Å². The van der Waals surface area contributed by atoms with Gasteiger partial charge in [0.25, 0.3) is 5.91 Å². The number of amides is 1. The SMILES string of the molecule is CCCN1CCN[C@H]2C[C@H](C(=O)N3CCc4ccccc4[C@@H]3c3ccc(F)cc3)OC[C@@H]21. The number of ether oxygens (including phenoxy) is 1. The number of hydrogen-bond donors (Lipinski definition) is 1. The molecule has 0 unspecified atom stereocenters. The normalized spacial score (nSPS) is 28.1. The molecule has 1 N–H and O–H groups in total. The van der Waals surface area contributed by atoms with Crippen LogP contribution in [0, 0.1) is 5.82 Å². The maximum Gasteiger partial charge on any atom is 0.252 e. The van der Waals surface area contributed by atoms with Gasteiger partial charge in [0.2, 0.25) is 0 Å². The second kappa shape index (κ2) is 9.30. The molecule has 3 heterocycles. The summed E-state index contributed by atoms with van der Waals surface area (Å²) < 4.78 is 19.8. The van der Waals surface area contributed by atoms with Crippen molar-refractivity contribution in [1.29, 1.82) is 0 Å². The lowest BCUT2D eigenvalue weighted by Gasteiger charge is -2.47. The highest BCUT2D eigenvalue weighted by Crippen LogP contribution is 2.36. The summed E-state index contributed by atoms with van der Waals surface area (Å²) in [7, 11) is 0. The number of fused-ring (bicyclic) bond motifs is 2. The molecule has 0 saturated carbocycles. The van der Waals surface area contributed by atoms with Gasteiger partial charge in [0.1, 0.15) is 11.9 Å². The third-order valence-electron chi connectivity index (χ3n) is 7.21. The summed E-state index contributed by atoms with van der Waals surface area (Å²) >= 11 is 0. The van der Waals surface area contributed by atoms with E-state index in [-0.39, 0.29) is 23.8 Å². The van der Waals surface area contributed by atoms with Crippen LogP contribution in [0.25, 0.3) is 0 Å². The Morgan fingerprint density at radius 3 is 2.78 bits per heavy atom. The molecule has 0 radical (unpaired) electrons. The van der Waals surface area contributed by atoms with Crippen molar-refractivity contribution in [3.05, 3.63) is 71.0 Å². The fraction of sp³-hybridized carbons (Fsp3) is 0.500. The summed E-state index contributed by atoms with van der Waals surface area (Å²) in [6.45, 7) is 6.49. The van der Waals surface area contributed by atoms with Crippen LogP contribution < -0.4 is 5.32 Å². The predicted octanol–water partition coefficient (Wildman–Crippen LogP) is 3.14. The Labute approximate surface area is 189 Å². The van der Waals surface area contributed by atoms with E-state index in [2.05, 4.69) is 29.3 Å². The molecule has 1 amide bonds. The molecule has 2 aromatic carbocycles. The van der Waals surface area contributed by atoms with Crippen LogP contribution in [0.2, 0.25) is 0 Å². The van der Waals surface area contributed by atoms with Gasteiger partial charge in [-0.3, -0.25) is 9.69 Å². The van der Waals surface area contributed by atoms with Crippen molar-refractivity contribution in [1.82, 2.24) is 15.1 Å². The Hall–Kier alpha value is -2.28. The van der Waals surface area contributed by atoms with Crippen molar-refractivity contribution in [3.8, 4) is 0 Å². The van der Waals surface area contributed by atoms with E-state index >= 15 is 0 Å². The van der Waals surface area contributed by atoms with Gasteiger partial charge in [0.15, 0.2) is 0 Å². The fourth-order valence-electron chi connectivity index (χ4n) is 5.66. The summed E-state index contributed by atoms with van der Waals surface area (Å²) in [5, 5.41) is 3.63. The van der Waals surface area contributed by atoms with E-state index < -0.39 is 6.10 Å². The second-order valence-corrected chi connectivity index (χ2v) is 9.16. The van der Waals surface area contributed by atoms with Gasteiger partial charge in [-0.25, -0.2) is 4.39 Å². The van der Waals surface area contributed by atoms with Gasteiger partial charge >= 0.3 is 0 Å². The van der Waals surface area contributed by atoms with Crippen LogP contribution in [0.4, 0.5) is 4.39 Å². The Kier molecular flexibility index (Phi) is 6.26. The highest BCUT2D eigenvalue weighted by molar-refractivity contribution is 5.82. The molecule has 32 heavy (non-hydrogen) atoms. The molecule has 3 aliphatic rings. The third-order valence-corrected chi connectivity index (χ3v) is 7.21. The van der Waals surface area contributed by atoms with Crippen molar-refractivity contribution in [3.63, 3.8) is 0 Å². The van der Waals surface area contributed by atoms with Gasteiger partial charge in [0.05, 0.1) is 12.6 Å². The second-order valence-electron chi connectivity index (χ2n) is 9.16. The molecular weight excluding hydrogens is 405 g/mol. The van der Waals surface area contributed by atoms with Crippen molar-refractivity contribution in [2.75, 3.05) is 32.8 Å². The Morgan fingerprint density at radius 1 is 1.16 bits per heavy atom. The molecule has 4 atom stereocenters. The van der Waals surface area contributed by atoms with Crippen LogP contribution in [-0.2, 0) is 16.0 Å². The lowest BCUT2D eigenvalue weighted by atomic mass is 9.87. The zero-order valence-corrected chi connectivity index (χ0v) is 18.7. The number of halogens is 1. The first kappa shape index (κ1) is 21.6. The third kappa shape index (κ3) is 4.07. The molecule has 6 heteroatoms. The van der Waals surface area contributed by atoms with Crippen LogP contribution in [-0.4, -0.2) is 66.7 Å². The van der Waals surface area contributed by atoms with E-state index in [4.69, 9.17) is 4.74 Å². The van der Waals surface area contributed by atoms with Crippen LogP contribution in [0.5, 0.6) is 0 Å². The van der Waals surface area contributed by atoms with E-state index in [9.17, 15) is 9.18 Å². The summed E-state index contributed by atoms with van der Waals surface area (Å²) in [5.41, 5.74) is 3.31. The number of nitrogens with one attached hydrogen (secondary N) is 1. The van der Waals surface area contributed by atoms with E-state index in [1.165, 1.54) is 17.7 Å². The van der Waals surface area contributed by atoms with Gasteiger partial charge in [-0.15, -0.1) is 0 Å². The lowest BCUT2D eigenvalue weighted by Crippen LogP contribution is -2.64. The molecule has 0 aromatic heterocycles. The average molecular weight is 438 g/mol. The molecule has 2 saturated heterocycles. The van der Waals surface area contributed by atoms with Gasteiger partial charge in [-0.05, 0) is 54.6 Å². The Bertz CT molecular complexity index is 948. The summed E-state index contributed by atoms with van der Waals surface area (Å²) in [6, 6.07) is 15.2. The zero-order valence-electron chi connectivity index (χ0n) is 18.7. The minimum atomic E-state index is -0.446. The molecular formula is C26H32FN3O2. The first-order valence-corrected chi connectivity index (χ1v) is 11.9. The monoisotopic (exact) mass is 437 g/mol. The van der Waals surface area contributed by atoms with Crippen molar-refractivity contribution in [2.24, 2.45) is 0 Å². The maximum atomic E-state index is 13.8. The van der Waals surface area contributed by atoms with Crippen molar-refractivity contribution < 1.29 is 13.9 Å². The molecule has 0 spiro atoms. The number of carbonyl (C=O) groups is 1. The predicted molar refractivity (Wildman–Crippen MR) is 122 cm³/mol. The van der Waals surface area contributed by atoms with Gasteiger partial charge in [-0.2, -0.15) is 0 Å². The Morgan fingerprint density at radius 2 is 1.97 bits per heavy atom. The average Bonchev–Trinajstić information content (AvgIpc) is 2.83. The molecule has 2 fully saturated rings. The van der Waals surface area contributed by atoms with E-state index in [0.717, 1.165) is 43.6 Å². The number of rotatable bonds is 4. The molecule has 5 rings (SSSR count). The number of carbonyl (C=O) groups excluding carboxylic acids is 1. The molecule has 170 valence electrons. The summed E-state index contributed by atoms with van der Waals surface area (Å²) in [4.78, 5) is 18.2. The van der Waals surface area contributed by atoms with Crippen LogP contribution in [0.1, 0.15) is 42.5 Å². The van der Waals surface area contributed by atoms with E-state index in [0.29, 0.717) is 25.6 Å². The van der Waals surface area contributed by atoms with Crippen molar-refractivity contribution >= 4 is 5.91 Å². The fourth-order valence-corrected chi connectivity index (χ4v) is 5.66. The number of nitrogens with zero attached hydrogens (tertiary/aromatic N) is 2. The number of hydrogen-bond acceptors (Lipinski definition) is 4. The van der Waals surface area contributed by atoms with E-state index in [1.54, 1.807) is 12.1 Å². The number of piperazine rings is 1. The summed E-state index contributed by atoms with van der Waals surface area (Å²) in [5.74, 6) is -0.223. The van der Waals surface area contributed by atoms with Crippen LogP contribution in [0.15, 0.2) is 48.5 Å². The minimum absolute atomic E-state index is 0.0432. The molecule has 2 aromatic rings. The molecule has 0 aliphatic carbocycles. The van der Waals surface area contributed by atoms with Crippen LogP contribution in [0.3, 0.4) is 0 Å². The standard InChI is InChI=1S/C26H32FN3O2/c1-2-13-29-15-12-28-22-16-24(32-17-23(22)29)26(31)30-14-11-18-5-3-4-6-21(18)25(30)19-7-9-20(27)10-8-19/h3-10,22-25,28H,2,11-17H2,1H3/t22-,23-,24+,25-/m0/s1. The molecule has 3 aliphatic heterocycles. The van der Waals surface area contributed by atoms with Gasteiger partial charge < -0.3 is 15.0 Å². The number of benzene rings is 2. The Balaban J connectivity index is 1.39. The highest BCUT2D eigenvalue weighted by atomic mass is 19.1. The van der Waals surface area contributed by atoms with Crippen LogP contribution >= 0.6 is 0 Å². The highest BCUT2D eigenvalue weighted by Gasteiger charge is 2.42. The minimum Gasteiger partial charge on any atom is -0.367 e. The quantitative estimate of drug-likeness (QED) is 0.798. The first-order chi connectivity index (χ1) is 15.7. The maximum absolute atomic E-state index is 13.8. The van der Waals surface area contributed by atoms with Crippen molar-refractivity contribution in [2.45, 2.75) is 50.4 Å². The summed E-state index contributed by atoms with van der Waals surface area (Å²) in [6.07, 6.45) is 2.19. The molecule has 0 bridgehead atoms. The van der Waals surface area contributed by atoms with E-state index in [1.807, 2.05) is 17.0 Å². The topological polar surface area (TPSA) is 44.8 Å². The zero-order chi connectivity index (χ0) is 22.1.